The van der Waals surface area contributed by atoms with Crippen molar-refractivity contribution in [2.45, 2.75) is 71.4 Å². The molecule has 0 N–H and O–H groups in total. The van der Waals surface area contributed by atoms with E-state index in [9.17, 15) is 9.59 Å². The van der Waals surface area contributed by atoms with Gasteiger partial charge in [-0.15, -0.1) is 0 Å². The zero-order valence-electron chi connectivity index (χ0n) is 18.4. The Morgan fingerprint density at radius 2 is 2.00 bits per heavy atom. The Kier molecular flexibility index (Phi) is 6.39. The molecule has 1 aromatic rings. The van der Waals surface area contributed by atoms with Crippen LogP contribution in [-0.2, 0) is 14.3 Å². The number of ether oxygens (including phenoxy) is 2. The summed E-state index contributed by atoms with van der Waals surface area (Å²) in [5.41, 5.74) is 3.16. The summed E-state index contributed by atoms with van der Waals surface area (Å²) in [6.07, 6.45) is 2.04. The minimum Gasteiger partial charge on any atom is -0.466 e. The number of anilines is 1. The van der Waals surface area contributed by atoms with Crippen molar-refractivity contribution in [3.8, 4) is 0 Å². The molecule has 160 valence electrons. The maximum atomic E-state index is 12.7. The Bertz CT molecular complexity index is 756. The lowest BCUT2D eigenvalue weighted by atomic mass is 9.92. The van der Waals surface area contributed by atoms with Crippen LogP contribution in [0.2, 0.25) is 0 Å². The number of likely N-dealkylation sites (tertiary alicyclic amines) is 1. The molecule has 6 nitrogen and oxygen atoms in total. The maximum Gasteiger partial charge on any atom is 0.410 e. The molecule has 0 radical (unpaired) electrons. The number of aryl methyl sites for hydroxylation is 1. The minimum atomic E-state index is -0.501. The van der Waals surface area contributed by atoms with Crippen molar-refractivity contribution in [1.82, 2.24) is 4.90 Å². The lowest BCUT2D eigenvalue weighted by Gasteiger charge is -2.30. The summed E-state index contributed by atoms with van der Waals surface area (Å²) in [6, 6.07) is 6.79. The number of esters is 1. The molecule has 1 saturated heterocycles. The highest BCUT2D eigenvalue weighted by atomic mass is 16.6. The summed E-state index contributed by atoms with van der Waals surface area (Å²) in [7, 11) is 0. The van der Waals surface area contributed by atoms with Crippen LogP contribution in [0.1, 0.15) is 64.0 Å². The first kappa shape index (κ1) is 21.5. The van der Waals surface area contributed by atoms with E-state index in [1.54, 1.807) is 0 Å². The number of carbonyl (C=O) groups excluding carboxylic acids is 2. The second-order valence-electron chi connectivity index (χ2n) is 9.05. The molecule has 1 fully saturated rings. The van der Waals surface area contributed by atoms with Gasteiger partial charge in [0, 0.05) is 37.3 Å². The zero-order valence-corrected chi connectivity index (χ0v) is 18.4. The van der Waals surface area contributed by atoms with Gasteiger partial charge in [0.15, 0.2) is 0 Å². The van der Waals surface area contributed by atoms with E-state index in [4.69, 9.17) is 9.47 Å². The minimum absolute atomic E-state index is 0.159. The predicted molar refractivity (Wildman–Crippen MR) is 113 cm³/mol. The molecular formula is C23H34N2O4. The summed E-state index contributed by atoms with van der Waals surface area (Å²) < 4.78 is 10.8. The van der Waals surface area contributed by atoms with Crippen LogP contribution in [0, 0.1) is 6.92 Å². The van der Waals surface area contributed by atoms with Gasteiger partial charge in [-0.1, -0.05) is 17.7 Å². The van der Waals surface area contributed by atoms with Gasteiger partial charge in [-0.25, -0.2) is 4.79 Å². The fraction of sp³-hybridized carbons (Fsp3) is 0.652. The molecule has 0 spiro atoms. The van der Waals surface area contributed by atoms with Gasteiger partial charge in [-0.05, 0) is 59.1 Å². The Balaban J connectivity index is 1.82. The van der Waals surface area contributed by atoms with Gasteiger partial charge >= 0.3 is 12.1 Å². The number of hydrogen-bond acceptors (Lipinski definition) is 5. The molecule has 0 saturated carbocycles. The Morgan fingerprint density at radius 1 is 1.24 bits per heavy atom. The molecule has 29 heavy (non-hydrogen) atoms. The van der Waals surface area contributed by atoms with E-state index in [0.29, 0.717) is 32.7 Å². The van der Waals surface area contributed by atoms with Crippen LogP contribution in [0.3, 0.4) is 0 Å². The number of benzene rings is 1. The van der Waals surface area contributed by atoms with E-state index >= 15 is 0 Å². The first-order chi connectivity index (χ1) is 13.7. The number of rotatable bonds is 4. The SMILES string of the molecule is CCOC(=O)CCN1c2ccc(C)cc2[C@@H]2CN(C(=O)OC(C)(C)C)CCC[C@@H]21. The highest BCUT2D eigenvalue weighted by Gasteiger charge is 2.41. The van der Waals surface area contributed by atoms with Crippen molar-refractivity contribution < 1.29 is 19.1 Å². The van der Waals surface area contributed by atoms with E-state index in [0.717, 1.165) is 12.8 Å². The third kappa shape index (κ3) is 5.03. The second-order valence-corrected chi connectivity index (χ2v) is 9.05. The fourth-order valence-electron chi connectivity index (χ4n) is 4.46. The average Bonchev–Trinajstić information content (AvgIpc) is 2.77. The van der Waals surface area contributed by atoms with Crippen molar-refractivity contribution in [3.63, 3.8) is 0 Å². The molecule has 0 bridgehead atoms. The number of carbonyl (C=O) groups is 2. The van der Waals surface area contributed by atoms with Gasteiger partial charge in [0.2, 0.25) is 0 Å². The van der Waals surface area contributed by atoms with E-state index in [-0.39, 0.29) is 24.0 Å². The topological polar surface area (TPSA) is 59.1 Å². The standard InChI is InChI=1S/C23H34N2O4/c1-6-28-21(26)11-13-25-19-8-7-12-24(22(27)29-23(3,4)5)15-18(19)17-14-16(2)9-10-20(17)25/h9-10,14,18-19H,6-8,11-13,15H2,1-5H3/t18-,19-/m0/s1. The quantitative estimate of drug-likeness (QED) is 0.705. The summed E-state index contributed by atoms with van der Waals surface area (Å²) >= 11 is 0. The highest BCUT2D eigenvalue weighted by molar-refractivity contribution is 5.72. The molecule has 0 unspecified atom stereocenters. The predicted octanol–water partition coefficient (Wildman–Crippen LogP) is 4.25. The Morgan fingerprint density at radius 3 is 2.69 bits per heavy atom. The van der Waals surface area contributed by atoms with Crippen LogP contribution in [0.25, 0.3) is 0 Å². The number of amides is 1. The van der Waals surface area contributed by atoms with Gasteiger partial charge in [-0.3, -0.25) is 4.79 Å². The molecule has 0 aliphatic carbocycles. The summed E-state index contributed by atoms with van der Waals surface area (Å²) in [6.45, 7) is 12.0. The molecule has 0 aromatic heterocycles. The van der Waals surface area contributed by atoms with Crippen molar-refractivity contribution in [2.24, 2.45) is 0 Å². The van der Waals surface area contributed by atoms with Crippen molar-refractivity contribution in [1.29, 1.82) is 0 Å². The number of nitrogens with zero attached hydrogens (tertiary/aromatic N) is 2. The first-order valence-electron chi connectivity index (χ1n) is 10.7. The van der Waals surface area contributed by atoms with Gasteiger partial charge in [-0.2, -0.15) is 0 Å². The third-order valence-electron chi connectivity index (χ3n) is 5.62. The summed E-state index contributed by atoms with van der Waals surface area (Å²) in [5.74, 6) is 0.0655. The first-order valence-corrected chi connectivity index (χ1v) is 10.7. The van der Waals surface area contributed by atoms with Crippen LogP contribution in [0.4, 0.5) is 10.5 Å². The molecule has 2 aliphatic rings. The molecule has 6 heteroatoms. The second kappa shape index (κ2) is 8.64. The average molecular weight is 403 g/mol. The zero-order chi connectivity index (χ0) is 21.2. The third-order valence-corrected chi connectivity index (χ3v) is 5.62. The Hall–Kier alpha value is -2.24. The number of hydrogen-bond donors (Lipinski definition) is 0. The van der Waals surface area contributed by atoms with Crippen LogP contribution < -0.4 is 4.90 Å². The van der Waals surface area contributed by atoms with Crippen molar-refractivity contribution in [2.75, 3.05) is 31.1 Å². The summed E-state index contributed by atoms with van der Waals surface area (Å²) in [5, 5.41) is 0. The summed E-state index contributed by atoms with van der Waals surface area (Å²) in [4.78, 5) is 28.9. The lowest BCUT2D eigenvalue weighted by molar-refractivity contribution is -0.142. The van der Waals surface area contributed by atoms with E-state index < -0.39 is 5.60 Å². The molecule has 2 atom stereocenters. The van der Waals surface area contributed by atoms with Gasteiger partial charge in [0.05, 0.1) is 13.0 Å². The Labute approximate surface area is 174 Å². The van der Waals surface area contributed by atoms with E-state index in [2.05, 4.69) is 30.0 Å². The highest BCUT2D eigenvalue weighted by Crippen LogP contribution is 2.45. The van der Waals surface area contributed by atoms with Crippen LogP contribution in [-0.4, -0.2) is 54.8 Å². The lowest BCUT2D eigenvalue weighted by Crippen LogP contribution is -2.40. The fourth-order valence-corrected chi connectivity index (χ4v) is 4.46. The number of fused-ring (bicyclic) bond motifs is 3. The van der Waals surface area contributed by atoms with E-state index in [1.807, 2.05) is 32.6 Å². The molecule has 1 amide bonds. The smallest absolute Gasteiger partial charge is 0.410 e. The largest absolute Gasteiger partial charge is 0.466 e. The van der Waals surface area contributed by atoms with Crippen LogP contribution in [0.5, 0.6) is 0 Å². The van der Waals surface area contributed by atoms with Crippen molar-refractivity contribution >= 4 is 17.7 Å². The van der Waals surface area contributed by atoms with E-state index in [1.165, 1.54) is 16.8 Å². The van der Waals surface area contributed by atoms with Crippen LogP contribution in [0.15, 0.2) is 18.2 Å². The monoisotopic (exact) mass is 402 g/mol. The van der Waals surface area contributed by atoms with Crippen molar-refractivity contribution in [3.05, 3.63) is 29.3 Å². The maximum absolute atomic E-state index is 12.7. The molecular weight excluding hydrogens is 368 g/mol. The molecule has 3 rings (SSSR count). The van der Waals surface area contributed by atoms with Gasteiger partial charge < -0.3 is 19.3 Å². The van der Waals surface area contributed by atoms with Crippen LogP contribution >= 0.6 is 0 Å². The van der Waals surface area contributed by atoms with Gasteiger partial charge in [0.25, 0.3) is 0 Å². The normalized spacial score (nSPS) is 21.3. The molecule has 2 heterocycles. The molecule has 2 aliphatic heterocycles. The van der Waals surface area contributed by atoms with Gasteiger partial charge in [0.1, 0.15) is 5.60 Å². The molecule has 1 aromatic carbocycles.